The number of hydrogen-bond donors (Lipinski definition) is 1. The molecule has 1 N–H and O–H groups in total. The third kappa shape index (κ3) is 2.55. The summed E-state index contributed by atoms with van der Waals surface area (Å²) >= 11 is 3.29. The quantitative estimate of drug-likeness (QED) is 0.914. The van der Waals surface area contributed by atoms with Crippen LogP contribution < -0.4 is 5.32 Å². The van der Waals surface area contributed by atoms with Gasteiger partial charge in [0.1, 0.15) is 11.7 Å². The average Bonchev–Trinajstić information content (AvgIpc) is 2.79. The molecule has 1 aliphatic rings. The van der Waals surface area contributed by atoms with E-state index in [2.05, 4.69) is 27.3 Å². The highest BCUT2D eigenvalue weighted by Gasteiger charge is 2.37. The lowest BCUT2D eigenvalue weighted by Crippen LogP contribution is -2.39. The summed E-state index contributed by atoms with van der Waals surface area (Å²) in [5.74, 6) is -0.196. The number of hydrogen-bond acceptors (Lipinski definition) is 3. The number of nitriles is 1. The molecule has 1 aromatic rings. The lowest BCUT2D eigenvalue weighted by molar-refractivity contribution is -0.133. The lowest BCUT2D eigenvalue weighted by Gasteiger charge is -2.22. The van der Waals surface area contributed by atoms with Gasteiger partial charge in [-0.1, -0.05) is 15.9 Å². The average molecular weight is 309 g/mol. The third-order valence-electron chi connectivity index (χ3n) is 3.05. The molecule has 1 aromatic carbocycles. The van der Waals surface area contributed by atoms with E-state index in [9.17, 15) is 4.79 Å². The maximum absolute atomic E-state index is 12.1. The van der Waals surface area contributed by atoms with E-state index in [1.54, 1.807) is 25.1 Å². The first kappa shape index (κ1) is 13.1. The molecule has 0 aromatic heterocycles. The number of nitrogens with zero attached hydrogens (tertiary/aromatic N) is 1. The molecule has 1 saturated heterocycles. The van der Waals surface area contributed by atoms with Gasteiger partial charge in [0.15, 0.2) is 0 Å². The molecule has 1 aliphatic heterocycles. The lowest BCUT2D eigenvalue weighted by atomic mass is 10.0. The number of benzene rings is 1. The zero-order chi connectivity index (χ0) is 13.2. The summed E-state index contributed by atoms with van der Waals surface area (Å²) in [6.07, 6.45) is 1.59. The highest BCUT2D eigenvalue weighted by molar-refractivity contribution is 9.10. The van der Waals surface area contributed by atoms with Crippen LogP contribution in [0, 0.1) is 11.3 Å². The summed E-state index contributed by atoms with van der Waals surface area (Å²) in [5, 5.41) is 11.8. The van der Waals surface area contributed by atoms with Crippen molar-refractivity contribution in [2.45, 2.75) is 25.4 Å². The standard InChI is InChI=1S/C13H13BrN2O2/c1-13(5-2-6-18-13)12(17)16-11-4-3-10(14)7-9(11)8-15/h3-4,7H,2,5-6H2,1H3,(H,16,17). The molecule has 18 heavy (non-hydrogen) atoms. The van der Waals surface area contributed by atoms with Crippen LogP contribution in [0.3, 0.4) is 0 Å². The third-order valence-corrected chi connectivity index (χ3v) is 3.54. The van der Waals surface area contributed by atoms with Crippen molar-refractivity contribution in [2.24, 2.45) is 0 Å². The normalized spacial score (nSPS) is 22.5. The molecule has 0 spiro atoms. The molecule has 4 nitrogen and oxygen atoms in total. The van der Waals surface area contributed by atoms with Crippen molar-refractivity contribution in [2.75, 3.05) is 11.9 Å². The Morgan fingerprint density at radius 1 is 1.61 bits per heavy atom. The highest BCUT2D eigenvalue weighted by Crippen LogP contribution is 2.28. The Balaban J connectivity index is 2.19. The SMILES string of the molecule is CC1(C(=O)Nc2ccc(Br)cc2C#N)CCCO1. The molecule has 0 radical (unpaired) electrons. The van der Waals surface area contributed by atoms with Gasteiger partial charge in [-0.3, -0.25) is 4.79 Å². The van der Waals surface area contributed by atoms with Crippen LogP contribution in [0.5, 0.6) is 0 Å². The van der Waals surface area contributed by atoms with Gasteiger partial charge in [-0.05, 0) is 38.0 Å². The zero-order valence-electron chi connectivity index (χ0n) is 10.00. The minimum atomic E-state index is -0.778. The number of ether oxygens (including phenoxy) is 1. The van der Waals surface area contributed by atoms with E-state index in [-0.39, 0.29) is 5.91 Å². The van der Waals surface area contributed by atoms with Crippen LogP contribution in [-0.4, -0.2) is 18.1 Å². The maximum atomic E-state index is 12.1. The van der Waals surface area contributed by atoms with Gasteiger partial charge in [-0.2, -0.15) is 5.26 Å². The number of anilines is 1. The molecule has 1 amide bonds. The van der Waals surface area contributed by atoms with Crippen LogP contribution in [0.25, 0.3) is 0 Å². The van der Waals surface area contributed by atoms with Crippen LogP contribution >= 0.6 is 15.9 Å². The number of carbonyl (C=O) groups is 1. The van der Waals surface area contributed by atoms with E-state index in [0.29, 0.717) is 24.3 Å². The maximum Gasteiger partial charge on any atom is 0.256 e. The molecule has 0 aliphatic carbocycles. The first-order valence-electron chi connectivity index (χ1n) is 5.70. The molecular weight excluding hydrogens is 296 g/mol. The Morgan fingerprint density at radius 3 is 3.00 bits per heavy atom. The van der Waals surface area contributed by atoms with Gasteiger partial charge >= 0.3 is 0 Å². The summed E-state index contributed by atoms with van der Waals surface area (Å²) in [4.78, 5) is 12.1. The minimum Gasteiger partial charge on any atom is -0.365 e. The first-order chi connectivity index (χ1) is 8.55. The Morgan fingerprint density at radius 2 is 2.39 bits per heavy atom. The number of rotatable bonds is 2. The molecule has 2 rings (SSSR count). The second-order valence-electron chi connectivity index (χ2n) is 4.44. The van der Waals surface area contributed by atoms with Crippen LogP contribution in [0.1, 0.15) is 25.3 Å². The summed E-state index contributed by atoms with van der Waals surface area (Å²) in [7, 11) is 0. The van der Waals surface area contributed by atoms with Gasteiger partial charge in [-0.15, -0.1) is 0 Å². The van der Waals surface area contributed by atoms with Gasteiger partial charge in [0, 0.05) is 11.1 Å². The topological polar surface area (TPSA) is 62.1 Å². The second kappa shape index (κ2) is 5.09. The Labute approximate surface area is 114 Å². The van der Waals surface area contributed by atoms with Gasteiger partial charge in [0.2, 0.25) is 0 Å². The number of amides is 1. The van der Waals surface area contributed by atoms with Crippen molar-refractivity contribution in [3.8, 4) is 6.07 Å². The molecule has 0 bridgehead atoms. The minimum absolute atomic E-state index is 0.196. The fraction of sp³-hybridized carbons (Fsp3) is 0.385. The second-order valence-corrected chi connectivity index (χ2v) is 5.35. The van der Waals surface area contributed by atoms with E-state index in [1.807, 2.05) is 0 Å². The largest absolute Gasteiger partial charge is 0.365 e. The Kier molecular flexibility index (Phi) is 3.69. The molecule has 1 heterocycles. The Hall–Kier alpha value is -1.38. The monoisotopic (exact) mass is 308 g/mol. The molecule has 1 unspecified atom stereocenters. The first-order valence-corrected chi connectivity index (χ1v) is 6.49. The molecule has 94 valence electrons. The summed E-state index contributed by atoms with van der Waals surface area (Å²) in [6.45, 7) is 2.38. The fourth-order valence-electron chi connectivity index (χ4n) is 1.93. The van der Waals surface area contributed by atoms with Crippen LogP contribution in [-0.2, 0) is 9.53 Å². The number of carbonyl (C=O) groups excluding carboxylic acids is 1. The Bertz CT molecular complexity index is 516. The van der Waals surface area contributed by atoms with Gasteiger partial charge in [0.05, 0.1) is 11.3 Å². The molecular formula is C13H13BrN2O2. The zero-order valence-corrected chi connectivity index (χ0v) is 11.6. The van der Waals surface area contributed by atoms with E-state index in [1.165, 1.54) is 0 Å². The summed E-state index contributed by atoms with van der Waals surface area (Å²) in [6, 6.07) is 7.23. The van der Waals surface area contributed by atoms with Gasteiger partial charge in [0.25, 0.3) is 5.91 Å². The van der Waals surface area contributed by atoms with Crippen molar-refractivity contribution >= 4 is 27.5 Å². The van der Waals surface area contributed by atoms with Crippen molar-refractivity contribution in [3.63, 3.8) is 0 Å². The molecule has 1 fully saturated rings. The van der Waals surface area contributed by atoms with Crippen LogP contribution in [0.4, 0.5) is 5.69 Å². The van der Waals surface area contributed by atoms with Crippen LogP contribution in [0.15, 0.2) is 22.7 Å². The smallest absolute Gasteiger partial charge is 0.256 e. The summed E-state index contributed by atoms with van der Waals surface area (Å²) in [5.41, 5.74) is 0.168. The van der Waals surface area contributed by atoms with Gasteiger partial charge < -0.3 is 10.1 Å². The fourth-order valence-corrected chi connectivity index (χ4v) is 2.29. The van der Waals surface area contributed by atoms with E-state index >= 15 is 0 Å². The van der Waals surface area contributed by atoms with E-state index in [4.69, 9.17) is 10.00 Å². The summed E-state index contributed by atoms with van der Waals surface area (Å²) < 4.78 is 6.27. The predicted octanol–water partition coefficient (Wildman–Crippen LogP) is 2.83. The predicted molar refractivity (Wildman–Crippen MR) is 71.1 cm³/mol. The van der Waals surface area contributed by atoms with Gasteiger partial charge in [-0.25, -0.2) is 0 Å². The molecule has 1 atom stereocenters. The van der Waals surface area contributed by atoms with E-state index < -0.39 is 5.60 Å². The highest BCUT2D eigenvalue weighted by atomic mass is 79.9. The van der Waals surface area contributed by atoms with Crippen molar-refractivity contribution in [1.82, 2.24) is 0 Å². The number of halogens is 1. The van der Waals surface area contributed by atoms with E-state index in [0.717, 1.165) is 10.9 Å². The number of nitrogens with one attached hydrogen (secondary N) is 1. The van der Waals surface area contributed by atoms with Crippen molar-refractivity contribution in [1.29, 1.82) is 5.26 Å². The molecule has 5 heteroatoms. The van der Waals surface area contributed by atoms with Crippen molar-refractivity contribution < 1.29 is 9.53 Å². The van der Waals surface area contributed by atoms with Crippen molar-refractivity contribution in [3.05, 3.63) is 28.2 Å². The van der Waals surface area contributed by atoms with Crippen LogP contribution in [0.2, 0.25) is 0 Å². The molecule has 0 saturated carbocycles.